The minimum atomic E-state index is -2.53. The molecule has 1 saturated heterocycles. The molecule has 0 radical (unpaired) electrons. The Labute approximate surface area is 139 Å². The molecule has 128 valence electrons. The zero-order chi connectivity index (χ0) is 16.1. The molecule has 0 bridgehead atoms. The third-order valence-corrected chi connectivity index (χ3v) is 5.62. The van der Waals surface area contributed by atoms with E-state index in [0.29, 0.717) is 38.4 Å². The molecule has 2 heterocycles. The summed E-state index contributed by atoms with van der Waals surface area (Å²) >= 11 is 6.05. The standard InChI is InChI=1S/C16H21ClF2N2O2/c17-10-13-12-3-6-16(22-7-8-23-16)9-14(12)21(20-13)11-1-4-15(18,19)5-2-11/h11H,1-10H2. The Balaban J connectivity index is 1.64. The lowest BCUT2D eigenvalue weighted by atomic mass is 9.88. The molecule has 0 atom stereocenters. The Morgan fingerprint density at radius 3 is 2.52 bits per heavy atom. The van der Waals surface area contributed by atoms with Gasteiger partial charge in [0.15, 0.2) is 5.79 Å². The molecule has 7 heteroatoms. The van der Waals surface area contributed by atoms with Crippen LogP contribution in [0.15, 0.2) is 0 Å². The molecule has 1 aliphatic heterocycles. The highest BCUT2D eigenvalue weighted by Gasteiger charge is 2.44. The Morgan fingerprint density at radius 1 is 1.17 bits per heavy atom. The molecule has 0 N–H and O–H groups in total. The van der Waals surface area contributed by atoms with Gasteiger partial charge < -0.3 is 9.47 Å². The lowest BCUT2D eigenvalue weighted by Gasteiger charge is -2.34. The maximum atomic E-state index is 13.5. The number of nitrogens with zero attached hydrogens (tertiary/aromatic N) is 2. The van der Waals surface area contributed by atoms with Crippen molar-refractivity contribution in [1.29, 1.82) is 0 Å². The summed E-state index contributed by atoms with van der Waals surface area (Å²) < 4.78 is 40.5. The Hall–Kier alpha value is -0.720. The van der Waals surface area contributed by atoms with E-state index in [-0.39, 0.29) is 18.9 Å². The van der Waals surface area contributed by atoms with Gasteiger partial charge in [-0.2, -0.15) is 5.10 Å². The van der Waals surface area contributed by atoms with Crippen molar-refractivity contribution in [2.75, 3.05) is 13.2 Å². The maximum Gasteiger partial charge on any atom is 0.248 e. The number of hydrogen-bond acceptors (Lipinski definition) is 3. The lowest BCUT2D eigenvalue weighted by molar-refractivity contribution is -0.165. The zero-order valence-corrected chi connectivity index (χ0v) is 13.7. The normalized spacial score (nSPS) is 26.6. The molecule has 4 rings (SSSR count). The predicted octanol–water partition coefficient (Wildman–Crippen LogP) is 3.60. The van der Waals surface area contributed by atoms with Gasteiger partial charge in [-0.25, -0.2) is 8.78 Å². The first kappa shape index (κ1) is 15.8. The van der Waals surface area contributed by atoms with E-state index >= 15 is 0 Å². The number of halogens is 3. The van der Waals surface area contributed by atoms with Gasteiger partial charge in [0.25, 0.3) is 0 Å². The summed E-state index contributed by atoms with van der Waals surface area (Å²) in [5.74, 6) is -2.72. The van der Waals surface area contributed by atoms with Crippen LogP contribution in [0.5, 0.6) is 0 Å². The quantitative estimate of drug-likeness (QED) is 0.768. The van der Waals surface area contributed by atoms with Gasteiger partial charge in [0.1, 0.15) is 0 Å². The SMILES string of the molecule is FC1(F)CCC(n2nc(CCl)c3c2CC2(CC3)OCCO2)CC1. The van der Waals surface area contributed by atoms with E-state index in [0.717, 1.165) is 24.2 Å². The molecule has 3 aliphatic rings. The molecular weight excluding hydrogens is 326 g/mol. The van der Waals surface area contributed by atoms with Crippen molar-refractivity contribution in [2.45, 2.75) is 68.6 Å². The van der Waals surface area contributed by atoms with Crippen molar-refractivity contribution in [3.8, 4) is 0 Å². The molecule has 0 unspecified atom stereocenters. The van der Waals surface area contributed by atoms with Crippen molar-refractivity contribution in [3.05, 3.63) is 17.0 Å². The van der Waals surface area contributed by atoms with Crippen LogP contribution in [0, 0.1) is 0 Å². The number of hydrogen-bond donors (Lipinski definition) is 0. The fourth-order valence-corrected chi connectivity index (χ4v) is 4.33. The average molecular weight is 347 g/mol. The van der Waals surface area contributed by atoms with Gasteiger partial charge >= 0.3 is 0 Å². The van der Waals surface area contributed by atoms with E-state index in [1.165, 1.54) is 5.56 Å². The molecule has 0 aromatic carbocycles. The summed E-state index contributed by atoms with van der Waals surface area (Å²) in [7, 11) is 0. The van der Waals surface area contributed by atoms with E-state index in [4.69, 9.17) is 21.1 Å². The number of alkyl halides is 3. The van der Waals surface area contributed by atoms with Crippen LogP contribution in [-0.4, -0.2) is 34.7 Å². The lowest BCUT2D eigenvalue weighted by Crippen LogP contribution is -2.38. The van der Waals surface area contributed by atoms with Gasteiger partial charge in [0.2, 0.25) is 5.92 Å². The minimum absolute atomic E-state index is 0.0249. The second-order valence-corrected chi connectivity index (χ2v) is 7.09. The Kier molecular flexibility index (Phi) is 3.89. The first-order valence-electron chi connectivity index (χ1n) is 8.33. The average Bonchev–Trinajstić information content (AvgIpc) is 3.12. The summed E-state index contributed by atoms with van der Waals surface area (Å²) in [4.78, 5) is 0. The topological polar surface area (TPSA) is 36.3 Å². The maximum absolute atomic E-state index is 13.5. The monoisotopic (exact) mass is 346 g/mol. The number of fused-ring (bicyclic) bond motifs is 1. The fraction of sp³-hybridized carbons (Fsp3) is 0.812. The van der Waals surface area contributed by atoms with Crippen LogP contribution in [0.3, 0.4) is 0 Å². The summed E-state index contributed by atoms with van der Waals surface area (Å²) in [6, 6.07) is 0.0249. The third-order valence-electron chi connectivity index (χ3n) is 5.37. The van der Waals surface area contributed by atoms with Crippen molar-refractivity contribution in [2.24, 2.45) is 0 Å². The first-order chi connectivity index (χ1) is 11.0. The molecule has 4 nitrogen and oxygen atoms in total. The Morgan fingerprint density at radius 2 is 1.87 bits per heavy atom. The van der Waals surface area contributed by atoms with Gasteiger partial charge in [0, 0.05) is 31.4 Å². The molecule has 1 spiro atoms. The molecule has 0 amide bonds. The molecular formula is C16H21ClF2N2O2. The molecule has 1 saturated carbocycles. The predicted molar refractivity (Wildman–Crippen MR) is 80.9 cm³/mol. The second-order valence-electron chi connectivity index (χ2n) is 6.82. The van der Waals surface area contributed by atoms with Gasteiger partial charge in [-0.1, -0.05) is 0 Å². The summed E-state index contributed by atoms with van der Waals surface area (Å²) in [6.45, 7) is 1.23. The fourth-order valence-electron chi connectivity index (χ4n) is 4.11. The number of aromatic nitrogens is 2. The largest absolute Gasteiger partial charge is 0.347 e. The van der Waals surface area contributed by atoms with E-state index < -0.39 is 11.7 Å². The molecule has 1 aromatic heterocycles. The smallest absolute Gasteiger partial charge is 0.248 e. The first-order valence-corrected chi connectivity index (χ1v) is 8.86. The second kappa shape index (κ2) is 5.67. The highest BCUT2D eigenvalue weighted by molar-refractivity contribution is 6.17. The van der Waals surface area contributed by atoms with Crippen LogP contribution in [0.1, 0.15) is 55.1 Å². The zero-order valence-electron chi connectivity index (χ0n) is 13.0. The van der Waals surface area contributed by atoms with Crippen molar-refractivity contribution >= 4 is 11.6 Å². The van der Waals surface area contributed by atoms with Crippen LogP contribution >= 0.6 is 11.6 Å². The van der Waals surface area contributed by atoms with Crippen molar-refractivity contribution in [1.82, 2.24) is 9.78 Å². The summed E-state index contributed by atoms with van der Waals surface area (Å²) in [5.41, 5.74) is 3.12. The molecule has 23 heavy (non-hydrogen) atoms. The van der Waals surface area contributed by atoms with E-state index in [1.54, 1.807) is 0 Å². The van der Waals surface area contributed by atoms with E-state index in [9.17, 15) is 8.78 Å². The van der Waals surface area contributed by atoms with Gasteiger partial charge in [0.05, 0.1) is 30.8 Å². The highest BCUT2D eigenvalue weighted by Crippen LogP contribution is 2.42. The third kappa shape index (κ3) is 2.79. The molecule has 1 aromatic rings. The van der Waals surface area contributed by atoms with Crippen LogP contribution in [0.2, 0.25) is 0 Å². The molecule has 2 fully saturated rings. The Bertz CT molecular complexity index is 589. The van der Waals surface area contributed by atoms with E-state index in [1.807, 2.05) is 4.68 Å². The molecule has 2 aliphatic carbocycles. The minimum Gasteiger partial charge on any atom is -0.347 e. The number of rotatable bonds is 2. The van der Waals surface area contributed by atoms with Crippen LogP contribution < -0.4 is 0 Å². The summed E-state index contributed by atoms with van der Waals surface area (Å²) in [6.07, 6.45) is 3.04. The van der Waals surface area contributed by atoms with Crippen molar-refractivity contribution in [3.63, 3.8) is 0 Å². The number of ether oxygens (including phenoxy) is 2. The van der Waals surface area contributed by atoms with Crippen LogP contribution in [0.4, 0.5) is 8.78 Å². The van der Waals surface area contributed by atoms with Crippen LogP contribution in [-0.2, 0) is 28.2 Å². The highest BCUT2D eigenvalue weighted by atomic mass is 35.5. The van der Waals surface area contributed by atoms with Crippen LogP contribution in [0.25, 0.3) is 0 Å². The van der Waals surface area contributed by atoms with Gasteiger partial charge in [-0.05, 0) is 24.8 Å². The summed E-state index contributed by atoms with van der Waals surface area (Å²) in [5, 5.41) is 4.67. The van der Waals surface area contributed by atoms with Crippen molar-refractivity contribution < 1.29 is 18.3 Å². The van der Waals surface area contributed by atoms with Gasteiger partial charge in [-0.15, -0.1) is 11.6 Å². The van der Waals surface area contributed by atoms with Gasteiger partial charge in [-0.3, -0.25) is 4.68 Å². The van der Waals surface area contributed by atoms with E-state index in [2.05, 4.69) is 5.10 Å².